The van der Waals surface area contributed by atoms with Gasteiger partial charge in [0.05, 0.1) is 0 Å². The summed E-state index contributed by atoms with van der Waals surface area (Å²) >= 11 is 1.61. The summed E-state index contributed by atoms with van der Waals surface area (Å²) in [5, 5.41) is 15.3. The van der Waals surface area contributed by atoms with Crippen LogP contribution in [0.5, 0.6) is 0 Å². The molecular weight excluding hydrogens is 336 g/mol. The highest BCUT2D eigenvalue weighted by molar-refractivity contribution is 8.02. The highest BCUT2D eigenvalue weighted by Gasteiger charge is 2.25. The second-order valence-corrected chi connectivity index (χ2v) is 8.31. The summed E-state index contributed by atoms with van der Waals surface area (Å²) in [4.78, 5) is 1.16. The average Bonchev–Trinajstić information content (AvgIpc) is 2.64. The Labute approximate surface area is 160 Å². The molecule has 0 aliphatic carbocycles. The first-order valence-corrected chi connectivity index (χ1v) is 9.67. The van der Waals surface area contributed by atoms with Crippen LogP contribution < -0.4 is 0 Å². The maximum Gasteiger partial charge on any atom is 0.108 e. The van der Waals surface area contributed by atoms with Gasteiger partial charge in [-0.1, -0.05) is 87.1 Å². The van der Waals surface area contributed by atoms with Crippen molar-refractivity contribution in [2.75, 3.05) is 0 Å². The van der Waals surface area contributed by atoms with Crippen molar-refractivity contribution in [1.82, 2.24) is 0 Å². The van der Waals surface area contributed by atoms with Crippen LogP contribution in [0.25, 0.3) is 10.8 Å². The summed E-state index contributed by atoms with van der Waals surface area (Å²) in [5.74, 6) is 0. The monoisotopic (exact) mass is 360 g/mol. The minimum Gasteiger partial charge on any atom is -0.383 e. The van der Waals surface area contributed by atoms with Gasteiger partial charge in [-0.05, 0) is 39.9 Å². The van der Waals surface area contributed by atoms with E-state index in [0.29, 0.717) is 0 Å². The highest BCUT2D eigenvalue weighted by Crippen LogP contribution is 2.36. The molecule has 0 bridgehead atoms. The van der Waals surface area contributed by atoms with Gasteiger partial charge in [-0.3, -0.25) is 0 Å². The fraction of sp³-hybridized carbons (Fsp3) is 0.208. The molecule has 0 aromatic heterocycles. The third-order valence-electron chi connectivity index (χ3n) is 4.32. The predicted octanol–water partition coefficient (Wildman–Crippen LogP) is 6.75. The van der Waals surface area contributed by atoms with Gasteiger partial charge in [-0.25, -0.2) is 0 Å². The number of aliphatic hydroxyl groups excluding tert-OH is 1. The fourth-order valence-electron chi connectivity index (χ4n) is 2.91. The molecule has 0 radical (unpaired) electrons. The molecule has 0 aliphatic rings. The Kier molecular flexibility index (Phi) is 5.68. The van der Waals surface area contributed by atoms with E-state index < -0.39 is 6.10 Å². The lowest BCUT2D eigenvalue weighted by atomic mass is 9.81. The zero-order valence-electron chi connectivity index (χ0n) is 15.4. The molecule has 1 atom stereocenters. The Morgan fingerprint density at radius 1 is 0.923 bits per heavy atom. The minimum absolute atomic E-state index is 0.182. The molecule has 3 rings (SSSR count). The lowest BCUT2D eigenvalue weighted by Gasteiger charge is -2.26. The van der Waals surface area contributed by atoms with Gasteiger partial charge in [0.25, 0.3) is 0 Å². The quantitative estimate of drug-likeness (QED) is 0.410. The maximum absolute atomic E-state index is 11.0. The van der Waals surface area contributed by atoms with Gasteiger partial charge in [-0.15, -0.1) is 5.73 Å². The first kappa shape index (κ1) is 18.5. The normalized spacial score (nSPS) is 12.5. The van der Waals surface area contributed by atoms with Crippen LogP contribution in [0, 0.1) is 5.41 Å². The number of benzene rings is 3. The lowest BCUT2D eigenvalue weighted by molar-refractivity contribution is 0.189. The minimum atomic E-state index is -0.674. The molecule has 0 unspecified atom stereocenters. The number of aliphatic hydroxyl groups is 1. The van der Waals surface area contributed by atoms with Crippen molar-refractivity contribution in [2.45, 2.75) is 31.8 Å². The van der Waals surface area contributed by atoms with E-state index in [0.717, 1.165) is 21.4 Å². The van der Waals surface area contributed by atoms with E-state index in [1.165, 1.54) is 5.39 Å². The predicted molar refractivity (Wildman–Crippen MR) is 112 cm³/mol. The highest BCUT2D eigenvalue weighted by atomic mass is 32.2. The molecule has 3 aromatic rings. The molecule has 0 saturated heterocycles. The zero-order chi connectivity index (χ0) is 18.6. The molecule has 3 aromatic carbocycles. The van der Waals surface area contributed by atoms with Crippen molar-refractivity contribution in [3.63, 3.8) is 0 Å². The Bertz CT molecular complexity index is 945. The number of hydrogen-bond donors (Lipinski definition) is 1. The summed E-state index contributed by atoms with van der Waals surface area (Å²) < 4.78 is 0. The lowest BCUT2D eigenvalue weighted by Crippen LogP contribution is -2.16. The molecule has 26 heavy (non-hydrogen) atoms. The summed E-state index contributed by atoms with van der Waals surface area (Å²) in [6, 6.07) is 24.5. The van der Waals surface area contributed by atoms with Crippen molar-refractivity contribution in [2.24, 2.45) is 5.41 Å². The van der Waals surface area contributed by atoms with E-state index >= 15 is 0 Å². The standard InChI is InChI=1S/C24H24OS/c1-24(2,3)22(15-16-26-21-11-5-4-6-12-21)23(25)20-14-13-18-9-7-8-10-19(18)17-20/h4-14,16-17,23,25H,1-3H3/t15?,23-/m1/s1. The molecule has 0 heterocycles. The number of thioether (sulfide) groups is 1. The molecular formula is C24H24OS. The smallest absolute Gasteiger partial charge is 0.108 e. The van der Waals surface area contributed by atoms with E-state index in [1.54, 1.807) is 11.8 Å². The molecule has 0 aliphatic heterocycles. The van der Waals surface area contributed by atoms with E-state index in [4.69, 9.17) is 0 Å². The summed E-state index contributed by atoms with van der Waals surface area (Å²) in [6.07, 6.45) is -0.674. The Hall–Kier alpha value is -2.25. The van der Waals surface area contributed by atoms with Gasteiger partial charge >= 0.3 is 0 Å². The molecule has 1 N–H and O–H groups in total. The maximum atomic E-state index is 11.0. The summed E-state index contributed by atoms with van der Waals surface area (Å²) in [6.45, 7) is 6.34. The van der Waals surface area contributed by atoms with Gasteiger partial charge in [0.2, 0.25) is 0 Å². The third kappa shape index (κ3) is 4.47. The Balaban J connectivity index is 1.94. The van der Waals surface area contributed by atoms with Crippen LogP contribution in [0.15, 0.2) is 94.4 Å². The number of fused-ring (bicyclic) bond motifs is 1. The van der Waals surface area contributed by atoms with E-state index in [9.17, 15) is 5.11 Å². The van der Waals surface area contributed by atoms with Gasteiger partial charge < -0.3 is 5.11 Å². The molecule has 0 spiro atoms. The van der Waals surface area contributed by atoms with Crippen molar-refractivity contribution < 1.29 is 5.11 Å². The largest absolute Gasteiger partial charge is 0.383 e. The van der Waals surface area contributed by atoms with Crippen LogP contribution in [-0.2, 0) is 0 Å². The molecule has 0 amide bonds. The molecule has 132 valence electrons. The topological polar surface area (TPSA) is 20.2 Å². The average molecular weight is 361 g/mol. The van der Waals surface area contributed by atoms with Crippen LogP contribution in [0.4, 0.5) is 0 Å². The SMILES string of the molecule is CC(C)(C)C(=C=CSc1ccccc1)[C@H](O)c1ccc2ccccc2c1. The van der Waals surface area contributed by atoms with Gasteiger partial charge in [0, 0.05) is 15.9 Å². The van der Waals surface area contributed by atoms with E-state index in [2.05, 4.69) is 62.9 Å². The number of hydrogen-bond acceptors (Lipinski definition) is 2. The van der Waals surface area contributed by atoms with E-state index in [-0.39, 0.29) is 5.41 Å². The van der Waals surface area contributed by atoms with Crippen LogP contribution in [0.3, 0.4) is 0 Å². The molecule has 0 fully saturated rings. The van der Waals surface area contributed by atoms with Crippen LogP contribution in [0.1, 0.15) is 32.4 Å². The van der Waals surface area contributed by atoms with E-state index in [1.807, 2.05) is 41.8 Å². The molecule has 0 saturated carbocycles. The molecule has 2 heteroatoms. The summed E-state index contributed by atoms with van der Waals surface area (Å²) in [7, 11) is 0. The van der Waals surface area contributed by atoms with Crippen molar-refractivity contribution >= 4 is 22.5 Å². The van der Waals surface area contributed by atoms with Crippen LogP contribution >= 0.6 is 11.8 Å². The fourth-order valence-corrected chi connectivity index (χ4v) is 3.55. The second kappa shape index (κ2) is 7.97. The van der Waals surface area contributed by atoms with Gasteiger partial charge in [-0.2, -0.15) is 0 Å². The van der Waals surface area contributed by atoms with Crippen LogP contribution in [-0.4, -0.2) is 5.11 Å². The third-order valence-corrected chi connectivity index (χ3v) is 5.10. The zero-order valence-corrected chi connectivity index (χ0v) is 16.3. The summed E-state index contributed by atoms with van der Waals surface area (Å²) in [5.41, 5.74) is 4.96. The first-order chi connectivity index (χ1) is 12.4. The first-order valence-electron chi connectivity index (χ1n) is 8.79. The van der Waals surface area contributed by atoms with Crippen molar-refractivity contribution in [1.29, 1.82) is 0 Å². The van der Waals surface area contributed by atoms with Gasteiger partial charge in [0.15, 0.2) is 0 Å². The Morgan fingerprint density at radius 2 is 1.58 bits per heavy atom. The second-order valence-electron chi connectivity index (χ2n) is 7.37. The molecule has 1 nitrogen and oxygen atoms in total. The van der Waals surface area contributed by atoms with Crippen molar-refractivity contribution in [3.8, 4) is 0 Å². The van der Waals surface area contributed by atoms with Crippen molar-refractivity contribution in [3.05, 3.63) is 95.1 Å². The Morgan fingerprint density at radius 3 is 2.27 bits per heavy atom. The van der Waals surface area contributed by atoms with Crippen LogP contribution in [0.2, 0.25) is 0 Å². The van der Waals surface area contributed by atoms with Gasteiger partial charge in [0.1, 0.15) is 6.10 Å². The number of rotatable bonds is 4.